The fourth-order valence-corrected chi connectivity index (χ4v) is 8.53. The Bertz CT molecular complexity index is 1490. The van der Waals surface area contributed by atoms with Crippen LogP contribution in [-0.2, 0) is 15.1 Å². The molecular weight excluding hydrogens is 608 g/mol. The molecule has 228 valence electrons. The van der Waals surface area contributed by atoms with Crippen LogP contribution in [0.25, 0.3) is 0 Å². The van der Waals surface area contributed by atoms with E-state index in [1.54, 1.807) is 4.90 Å². The van der Waals surface area contributed by atoms with Gasteiger partial charge in [-0.25, -0.2) is 9.38 Å². The molecular formula is C32H36Cl2FN5O2S. The van der Waals surface area contributed by atoms with Crippen molar-refractivity contribution in [2.45, 2.75) is 76.4 Å². The van der Waals surface area contributed by atoms with Gasteiger partial charge in [-0.15, -0.1) is 0 Å². The number of carbonyl (C=O) groups excluding carboxylic acids is 2. The highest BCUT2D eigenvalue weighted by Crippen LogP contribution is 2.56. The highest BCUT2D eigenvalue weighted by atomic mass is 35.5. The van der Waals surface area contributed by atoms with Gasteiger partial charge < -0.3 is 20.4 Å². The number of nitrogens with zero attached hydrogens (tertiary/aromatic N) is 4. The zero-order valence-corrected chi connectivity index (χ0v) is 27.0. The summed E-state index contributed by atoms with van der Waals surface area (Å²) in [5.41, 5.74) is 8.10. The lowest BCUT2D eigenvalue weighted by Gasteiger charge is -2.37. The molecule has 4 heterocycles. The van der Waals surface area contributed by atoms with Crippen molar-refractivity contribution < 1.29 is 14.0 Å². The minimum Gasteiger partial charge on any atom is -0.336 e. The van der Waals surface area contributed by atoms with E-state index in [0.29, 0.717) is 27.8 Å². The average Bonchev–Trinajstić information content (AvgIpc) is 3.70. The van der Waals surface area contributed by atoms with Crippen LogP contribution >= 0.6 is 35.0 Å². The molecule has 43 heavy (non-hydrogen) atoms. The third-order valence-electron chi connectivity index (χ3n) is 9.16. The zero-order valence-electron chi connectivity index (χ0n) is 24.6. The summed E-state index contributed by atoms with van der Waals surface area (Å²) in [4.78, 5) is 39.3. The molecule has 0 spiro atoms. The van der Waals surface area contributed by atoms with Crippen LogP contribution in [0, 0.1) is 5.92 Å². The van der Waals surface area contributed by atoms with Gasteiger partial charge in [-0.05, 0) is 79.8 Å². The Morgan fingerprint density at radius 1 is 1.05 bits per heavy atom. The maximum atomic E-state index is 14.5. The van der Waals surface area contributed by atoms with E-state index in [0.717, 1.165) is 22.0 Å². The van der Waals surface area contributed by atoms with E-state index in [2.05, 4.69) is 25.7 Å². The van der Waals surface area contributed by atoms with E-state index < -0.39 is 23.8 Å². The third-order valence-corrected chi connectivity index (χ3v) is 10.7. The molecule has 0 bridgehead atoms. The standard InChI is InChI=1S/C32H36Cl2FN5O2S/c1-17(2)26-27(30(42)39-18(3)5-14-25(39)29(41)38-15-23(35)24(36)16-38)43-31-37-32(4,20-8-12-22(34)13-9-20)28(40(26)31)19-6-10-21(33)11-7-19/h6-13,17-18,23-25,28H,5,14-16,36H2,1-4H3. The minimum atomic E-state index is -1.25. The molecule has 6 unspecified atom stereocenters. The molecule has 2 aromatic carbocycles. The van der Waals surface area contributed by atoms with Crippen molar-refractivity contribution >= 4 is 51.9 Å². The second kappa shape index (κ2) is 11.4. The predicted molar refractivity (Wildman–Crippen MR) is 171 cm³/mol. The summed E-state index contributed by atoms with van der Waals surface area (Å²) >= 11 is 13.9. The lowest BCUT2D eigenvalue weighted by atomic mass is 9.81. The molecule has 4 aliphatic heterocycles. The van der Waals surface area contributed by atoms with Crippen LogP contribution in [0.5, 0.6) is 0 Å². The Hall–Kier alpha value is -2.59. The second-order valence-corrected chi connectivity index (χ2v) is 14.3. The van der Waals surface area contributed by atoms with Crippen molar-refractivity contribution in [1.29, 1.82) is 0 Å². The smallest absolute Gasteiger partial charge is 0.263 e. The number of nitrogens with two attached hydrogens (primary N) is 1. The molecule has 4 aliphatic rings. The number of halogens is 3. The van der Waals surface area contributed by atoms with Gasteiger partial charge in [-0.1, -0.05) is 61.3 Å². The van der Waals surface area contributed by atoms with E-state index in [1.807, 2.05) is 55.5 Å². The third kappa shape index (κ3) is 5.16. The Kier molecular flexibility index (Phi) is 8.07. The van der Waals surface area contributed by atoms with Crippen LogP contribution in [-0.4, -0.2) is 69.1 Å². The Morgan fingerprint density at radius 3 is 2.26 bits per heavy atom. The number of amidine groups is 1. The Morgan fingerprint density at radius 2 is 1.67 bits per heavy atom. The highest BCUT2D eigenvalue weighted by Gasteiger charge is 2.54. The normalized spacial score (nSPS) is 30.5. The monoisotopic (exact) mass is 643 g/mol. The van der Waals surface area contributed by atoms with Gasteiger partial charge >= 0.3 is 0 Å². The van der Waals surface area contributed by atoms with Gasteiger partial charge in [0.15, 0.2) is 5.17 Å². The average molecular weight is 645 g/mol. The van der Waals surface area contributed by atoms with E-state index >= 15 is 0 Å². The van der Waals surface area contributed by atoms with Gasteiger partial charge in [0.05, 0.1) is 18.6 Å². The van der Waals surface area contributed by atoms with Crippen molar-refractivity contribution in [2.24, 2.45) is 16.6 Å². The maximum absolute atomic E-state index is 14.5. The van der Waals surface area contributed by atoms with Gasteiger partial charge in [0.25, 0.3) is 5.91 Å². The largest absolute Gasteiger partial charge is 0.336 e. The van der Waals surface area contributed by atoms with Crippen LogP contribution < -0.4 is 5.73 Å². The first-order valence-electron chi connectivity index (χ1n) is 14.7. The van der Waals surface area contributed by atoms with Crippen LogP contribution in [0.3, 0.4) is 0 Å². The molecule has 2 saturated heterocycles. The Balaban J connectivity index is 1.40. The Labute approximate surface area is 266 Å². The topological polar surface area (TPSA) is 82.2 Å². The first-order chi connectivity index (χ1) is 20.4. The summed E-state index contributed by atoms with van der Waals surface area (Å²) in [6, 6.07) is 13.8. The van der Waals surface area contributed by atoms with E-state index in [1.165, 1.54) is 16.7 Å². The molecule has 2 fully saturated rings. The molecule has 2 N–H and O–H groups in total. The molecule has 2 aromatic rings. The summed E-state index contributed by atoms with van der Waals surface area (Å²) in [5.74, 6) is -0.426. The van der Waals surface area contributed by atoms with Gasteiger partial charge in [0.2, 0.25) is 5.91 Å². The lowest BCUT2D eigenvalue weighted by Crippen LogP contribution is -2.50. The SMILES string of the molecule is CC(C)C1=C(C(=O)N2C(C)CCC2C(=O)N2CC(N)C(F)C2)SC2=NC(C)(c3ccc(Cl)cc3)C(c3ccc(Cl)cc3)N21. The van der Waals surface area contributed by atoms with E-state index in [-0.39, 0.29) is 42.9 Å². The van der Waals surface area contributed by atoms with Crippen molar-refractivity contribution in [2.75, 3.05) is 13.1 Å². The summed E-state index contributed by atoms with van der Waals surface area (Å²) in [6.45, 7) is 8.37. The molecule has 0 saturated carbocycles. The first-order valence-corrected chi connectivity index (χ1v) is 16.3. The zero-order chi connectivity index (χ0) is 30.8. The van der Waals surface area contributed by atoms with Crippen LogP contribution in [0.15, 0.2) is 64.1 Å². The molecule has 0 aliphatic carbocycles. The quantitative estimate of drug-likeness (QED) is 0.424. The minimum absolute atomic E-state index is 0.0162. The number of hydrogen-bond donors (Lipinski definition) is 1. The summed E-state index contributed by atoms with van der Waals surface area (Å²) in [5, 5.41) is 2.03. The number of amides is 2. The van der Waals surface area contributed by atoms with Crippen molar-refractivity contribution in [1.82, 2.24) is 14.7 Å². The van der Waals surface area contributed by atoms with Crippen LogP contribution in [0.2, 0.25) is 10.0 Å². The number of aliphatic imine (C=N–C) groups is 1. The van der Waals surface area contributed by atoms with Crippen molar-refractivity contribution in [3.8, 4) is 0 Å². The van der Waals surface area contributed by atoms with Crippen LogP contribution in [0.1, 0.15) is 57.7 Å². The number of alkyl halides is 1. The van der Waals surface area contributed by atoms with E-state index in [4.69, 9.17) is 33.9 Å². The second-order valence-electron chi connectivity index (χ2n) is 12.4. The fourth-order valence-electron chi connectivity index (χ4n) is 6.93. The van der Waals surface area contributed by atoms with Gasteiger partial charge in [-0.2, -0.15) is 0 Å². The number of thioether (sulfide) groups is 1. The molecule has 0 aromatic heterocycles. The number of allylic oxidation sites excluding steroid dienone is 1. The number of fused-ring (bicyclic) bond motifs is 1. The summed E-state index contributed by atoms with van der Waals surface area (Å²) in [6.07, 6.45) is -0.0174. The van der Waals surface area contributed by atoms with E-state index in [9.17, 15) is 14.0 Å². The number of carbonyl (C=O) groups is 2. The van der Waals surface area contributed by atoms with Gasteiger partial charge in [-0.3, -0.25) is 9.59 Å². The summed E-state index contributed by atoms with van der Waals surface area (Å²) < 4.78 is 14.2. The number of likely N-dealkylation sites (tertiary alicyclic amines) is 2. The number of hydrogen-bond acceptors (Lipinski definition) is 6. The molecule has 2 amide bonds. The van der Waals surface area contributed by atoms with Gasteiger partial charge in [0.1, 0.15) is 22.7 Å². The number of benzene rings is 2. The first kappa shape index (κ1) is 30.4. The predicted octanol–water partition coefficient (Wildman–Crippen LogP) is 6.12. The number of rotatable bonds is 5. The molecule has 0 radical (unpaired) electrons. The lowest BCUT2D eigenvalue weighted by molar-refractivity contribution is -0.142. The maximum Gasteiger partial charge on any atom is 0.263 e. The molecule has 11 heteroatoms. The van der Waals surface area contributed by atoms with Crippen molar-refractivity contribution in [3.63, 3.8) is 0 Å². The summed E-state index contributed by atoms with van der Waals surface area (Å²) in [7, 11) is 0. The molecule has 6 atom stereocenters. The molecule has 6 rings (SSSR count). The van der Waals surface area contributed by atoms with Crippen molar-refractivity contribution in [3.05, 3.63) is 80.3 Å². The fraction of sp³-hybridized carbons (Fsp3) is 0.469. The van der Waals surface area contributed by atoms with Crippen LogP contribution in [0.4, 0.5) is 4.39 Å². The molecule has 7 nitrogen and oxygen atoms in total. The van der Waals surface area contributed by atoms with Gasteiger partial charge in [0, 0.05) is 28.3 Å². The highest BCUT2D eigenvalue weighted by molar-refractivity contribution is 8.18.